The van der Waals surface area contributed by atoms with Crippen molar-refractivity contribution in [3.63, 3.8) is 0 Å². The van der Waals surface area contributed by atoms with Gasteiger partial charge in [-0.3, -0.25) is 14.4 Å². The third-order valence-corrected chi connectivity index (χ3v) is 9.21. The smallest absolute Gasteiger partial charge is 0.435 e. The molecule has 54 heavy (non-hydrogen) atoms. The summed E-state index contributed by atoms with van der Waals surface area (Å²) in [5, 5.41) is 10.8. The number of sulfone groups is 1. The molecular formula is C36H29F4N5O8S. The number of nitrogens with one attached hydrogen (secondary N) is 3. The Balaban J connectivity index is 1.25. The van der Waals surface area contributed by atoms with E-state index < -0.39 is 63.2 Å². The summed E-state index contributed by atoms with van der Waals surface area (Å²) in [5.41, 5.74) is -2.25. The Hall–Kier alpha value is -6.43. The zero-order chi connectivity index (χ0) is 38.8. The number of hydrogen-bond donors (Lipinski definition) is 3. The predicted molar refractivity (Wildman–Crippen MR) is 185 cm³/mol. The number of fused-ring (bicyclic) bond motifs is 1. The molecule has 0 atom stereocenters. The molecule has 18 heteroatoms. The topological polar surface area (TPSA) is 167 Å². The average Bonchev–Trinajstić information content (AvgIpc) is 3.81. The molecule has 1 aliphatic heterocycles. The summed E-state index contributed by atoms with van der Waals surface area (Å²) in [4.78, 5) is 39.5. The Kier molecular flexibility index (Phi) is 10.3. The van der Waals surface area contributed by atoms with Gasteiger partial charge in [0, 0.05) is 24.4 Å². The van der Waals surface area contributed by atoms with E-state index in [1.807, 2.05) is 0 Å². The molecule has 0 aliphatic carbocycles. The molecule has 4 aromatic carbocycles. The first-order chi connectivity index (χ1) is 25.6. The van der Waals surface area contributed by atoms with Crippen molar-refractivity contribution in [3.8, 4) is 34.1 Å². The highest BCUT2D eigenvalue weighted by atomic mass is 32.2. The Bertz CT molecular complexity index is 2400. The van der Waals surface area contributed by atoms with Gasteiger partial charge in [0.2, 0.25) is 12.7 Å². The lowest BCUT2D eigenvalue weighted by Crippen LogP contribution is -2.37. The molecule has 0 saturated heterocycles. The molecule has 0 radical (unpaired) electrons. The highest BCUT2D eigenvalue weighted by Crippen LogP contribution is 2.34. The van der Waals surface area contributed by atoms with E-state index in [2.05, 4.69) is 21.0 Å². The van der Waals surface area contributed by atoms with Crippen LogP contribution in [0.25, 0.3) is 16.8 Å². The van der Waals surface area contributed by atoms with Crippen molar-refractivity contribution in [2.24, 2.45) is 0 Å². The average molecular weight is 768 g/mol. The first-order valence-electron chi connectivity index (χ1n) is 15.8. The van der Waals surface area contributed by atoms with Crippen LogP contribution in [0.15, 0.2) is 89.8 Å². The Labute approximate surface area is 304 Å². The molecule has 280 valence electrons. The van der Waals surface area contributed by atoms with Crippen LogP contribution in [0.1, 0.15) is 32.1 Å². The number of benzene rings is 4. The lowest BCUT2D eigenvalue weighted by molar-refractivity contribution is -0.141. The van der Waals surface area contributed by atoms with E-state index in [9.17, 15) is 36.0 Å². The predicted octanol–water partition coefficient (Wildman–Crippen LogP) is 5.14. The van der Waals surface area contributed by atoms with Crippen LogP contribution in [-0.2, 0) is 27.4 Å². The van der Waals surface area contributed by atoms with E-state index in [1.54, 1.807) is 24.3 Å². The van der Waals surface area contributed by atoms with Crippen LogP contribution in [0.3, 0.4) is 0 Å². The quantitative estimate of drug-likeness (QED) is 0.154. The number of methoxy groups -OCH3 is 1. The summed E-state index contributed by atoms with van der Waals surface area (Å²) >= 11 is 0. The number of hydrogen-bond acceptors (Lipinski definition) is 9. The highest BCUT2D eigenvalue weighted by molar-refractivity contribution is 7.90. The van der Waals surface area contributed by atoms with Gasteiger partial charge in [0.15, 0.2) is 27.0 Å². The fourth-order valence-electron chi connectivity index (χ4n) is 5.44. The van der Waals surface area contributed by atoms with Crippen molar-refractivity contribution in [1.29, 1.82) is 0 Å². The third-order valence-electron chi connectivity index (χ3n) is 8.06. The highest BCUT2D eigenvalue weighted by Gasteiger charge is 2.37. The van der Waals surface area contributed by atoms with Crippen molar-refractivity contribution in [2.45, 2.75) is 17.6 Å². The number of nitrogens with zero attached hydrogens (tertiary/aromatic N) is 2. The Morgan fingerprint density at radius 3 is 2.39 bits per heavy atom. The zero-order valence-electron chi connectivity index (χ0n) is 28.3. The van der Waals surface area contributed by atoms with Crippen molar-refractivity contribution in [2.75, 3.05) is 32.0 Å². The van der Waals surface area contributed by atoms with Crippen LogP contribution in [0.4, 0.5) is 23.2 Å². The van der Waals surface area contributed by atoms with Gasteiger partial charge in [0.1, 0.15) is 17.3 Å². The number of amides is 3. The molecule has 1 aromatic heterocycles. The summed E-state index contributed by atoms with van der Waals surface area (Å²) < 4.78 is 98.2. The van der Waals surface area contributed by atoms with Crippen LogP contribution in [-0.4, -0.2) is 62.6 Å². The zero-order valence-corrected chi connectivity index (χ0v) is 29.1. The molecule has 0 bridgehead atoms. The van der Waals surface area contributed by atoms with E-state index in [1.165, 1.54) is 49.6 Å². The van der Waals surface area contributed by atoms with Gasteiger partial charge in [-0.05, 0) is 59.7 Å². The molecule has 5 aromatic rings. The van der Waals surface area contributed by atoms with E-state index in [0.717, 1.165) is 18.4 Å². The second kappa shape index (κ2) is 14.9. The van der Waals surface area contributed by atoms with Crippen molar-refractivity contribution < 1.29 is 54.6 Å². The van der Waals surface area contributed by atoms with Gasteiger partial charge in [-0.2, -0.15) is 18.3 Å². The second-order valence-electron chi connectivity index (χ2n) is 11.8. The first kappa shape index (κ1) is 37.3. The number of ether oxygens (including phenoxy) is 3. The molecule has 2 heterocycles. The Morgan fingerprint density at radius 1 is 0.907 bits per heavy atom. The number of alkyl halides is 3. The summed E-state index contributed by atoms with van der Waals surface area (Å²) in [6.07, 6.45) is -4.04. The van der Waals surface area contributed by atoms with Crippen LogP contribution in [0.5, 0.6) is 17.2 Å². The fourth-order valence-corrected chi connectivity index (χ4v) is 6.35. The molecule has 3 amide bonds. The van der Waals surface area contributed by atoms with Crippen LogP contribution >= 0.6 is 0 Å². The number of carbonyl (C=O) groups is 3. The molecule has 6 rings (SSSR count). The number of carbonyl (C=O) groups excluding carboxylic acids is 3. The summed E-state index contributed by atoms with van der Waals surface area (Å²) in [5.74, 6) is -2.59. The first-order valence-corrected chi connectivity index (χ1v) is 17.7. The summed E-state index contributed by atoms with van der Waals surface area (Å²) in [7, 11) is -2.41. The summed E-state index contributed by atoms with van der Waals surface area (Å²) in [6.45, 7) is -0.381. The molecule has 13 nitrogen and oxygen atoms in total. The van der Waals surface area contributed by atoms with Gasteiger partial charge in [0.25, 0.3) is 11.8 Å². The molecule has 0 unspecified atom stereocenters. The standard InChI is InChI=1S/C36H29F4N5O8S/c1-51-22-9-11-27(24(15-22)34(47)42-18-33(46)41-17-20-7-12-29-30(13-20)53-19-52-29)45-28(16-32(44-45)36(38,39)40)35(48)43-26-10-8-21(14-25(26)37)23-5-3-4-6-31(23)54(2,49)50/h3-16H,17-19H2,1-2H3,(H,41,46)(H,42,47)(H,43,48). The van der Waals surface area contributed by atoms with Gasteiger partial charge >= 0.3 is 6.18 Å². The van der Waals surface area contributed by atoms with Gasteiger partial charge in [0.05, 0.1) is 35.5 Å². The van der Waals surface area contributed by atoms with Crippen LogP contribution < -0.4 is 30.2 Å². The van der Waals surface area contributed by atoms with Gasteiger partial charge in [-0.25, -0.2) is 17.5 Å². The van der Waals surface area contributed by atoms with E-state index in [-0.39, 0.29) is 46.4 Å². The minimum atomic E-state index is -5.04. The maximum Gasteiger partial charge on any atom is 0.435 e. The molecule has 0 fully saturated rings. The molecule has 1 aliphatic rings. The van der Waals surface area contributed by atoms with Crippen LogP contribution in [0, 0.1) is 5.82 Å². The number of aromatic nitrogens is 2. The SMILES string of the molecule is COc1ccc(-n2nc(C(F)(F)F)cc2C(=O)Nc2ccc(-c3ccccc3S(C)(=O)=O)cc2F)c(C(=O)NCC(=O)NCc2ccc3c(c2)OCO3)c1. The minimum absolute atomic E-state index is 0.0639. The summed E-state index contributed by atoms with van der Waals surface area (Å²) in [6, 6.07) is 18.5. The van der Waals surface area contributed by atoms with Crippen molar-refractivity contribution in [1.82, 2.24) is 20.4 Å². The molecular weight excluding hydrogens is 738 g/mol. The third kappa shape index (κ3) is 8.12. The van der Waals surface area contributed by atoms with Gasteiger partial charge in [-0.1, -0.05) is 30.3 Å². The molecule has 0 saturated carbocycles. The lowest BCUT2D eigenvalue weighted by Gasteiger charge is -2.15. The maximum absolute atomic E-state index is 15.4. The lowest BCUT2D eigenvalue weighted by atomic mass is 10.0. The van der Waals surface area contributed by atoms with Gasteiger partial charge < -0.3 is 30.2 Å². The molecule has 0 spiro atoms. The number of halogens is 4. The normalized spacial score (nSPS) is 12.3. The maximum atomic E-state index is 15.4. The molecule has 3 N–H and O–H groups in total. The van der Waals surface area contributed by atoms with Crippen LogP contribution in [0.2, 0.25) is 0 Å². The Morgan fingerprint density at radius 2 is 1.67 bits per heavy atom. The minimum Gasteiger partial charge on any atom is -0.497 e. The van der Waals surface area contributed by atoms with Crippen molar-refractivity contribution in [3.05, 3.63) is 113 Å². The van der Waals surface area contributed by atoms with Gasteiger partial charge in [-0.15, -0.1) is 0 Å². The fraction of sp³-hybridized carbons (Fsp3) is 0.167. The van der Waals surface area contributed by atoms with E-state index in [4.69, 9.17) is 14.2 Å². The number of anilines is 1. The van der Waals surface area contributed by atoms with Crippen molar-refractivity contribution >= 4 is 33.2 Å². The van der Waals surface area contributed by atoms with E-state index >= 15 is 4.39 Å². The largest absolute Gasteiger partial charge is 0.497 e. The number of rotatable bonds is 11. The monoisotopic (exact) mass is 767 g/mol. The van der Waals surface area contributed by atoms with E-state index in [0.29, 0.717) is 27.8 Å². The second-order valence-corrected chi connectivity index (χ2v) is 13.8.